The van der Waals surface area contributed by atoms with Crippen LogP contribution < -0.4 is 4.90 Å². The molecule has 0 saturated heterocycles. The van der Waals surface area contributed by atoms with Gasteiger partial charge in [-0.1, -0.05) is 26.7 Å². The molecule has 0 aromatic carbocycles. The molecule has 0 radical (unpaired) electrons. The molecular weight excluding hydrogens is 275 g/mol. The van der Waals surface area contributed by atoms with E-state index in [1.165, 1.54) is 37.9 Å². The van der Waals surface area contributed by atoms with Crippen LogP contribution in [0.25, 0.3) is 0 Å². The minimum Gasteiger partial charge on any atom is -0.353 e. The Hall–Kier alpha value is -0.830. The molecule has 20 heavy (non-hydrogen) atoms. The fourth-order valence-electron chi connectivity index (χ4n) is 2.91. The Morgan fingerprint density at radius 1 is 1.40 bits per heavy atom. The quantitative estimate of drug-likeness (QED) is 0.704. The summed E-state index contributed by atoms with van der Waals surface area (Å²) in [4.78, 5) is 6.70. The summed E-state index contributed by atoms with van der Waals surface area (Å²) in [6.07, 6.45) is 7.40. The van der Waals surface area contributed by atoms with Crippen LogP contribution in [0.15, 0.2) is 12.3 Å². The number of pyridine rings is 1. The Morgan fingerprint density at radius 2 is 2.10 bits per heavy atom. The van der Waals surface area contributed by atoms with E-state index in [0.717, 1.165) is 24.3 Å². The molecular formula is C16H24ClFN2. The Morgan fingerprint density at radius 3 is 2.70 bits per heavy atom. The van der Waals surface area contributed by atoms with E-state index in [4.69, 9.17) is 11.6 Å². The first-order chi connectivity index (χ1) is 9.61. The number of anilines is 1. The molecule has 1 saturated carbocycles. The SMILES string of the molecule is CC(C)CCN(c1ncc(F)cc1CCl)C1CCCC1. The van der Waals surface area contributed by atoms with Crippen molar-refractivity contribution in [2.24, 2.45) is 5.92 Å². The Kier molecular flexibility index (Phi) is 5.64. The van der Waals surface area contributed by atoms with Crippen molar-refractivity contribution in [3.8, 4) is 0 Å². The number of nitrogens with zero attached hydrogens (tertiary/aromatic N) is 2. The maximum absolute atomic E-state index is 13.3. The van der Waals surface area contributed by atoms with Crippen molar-refractivity contribution in [3.05, 3.63) is 23.6 Å². The molecule has 1 heterocycles. The van der Waals surface area contributed by atoms with Gasteiger partial charge in [-0.15, -0.1) is 11.6 Å². The van der Waals surface area contributed by atoms with Gasteiger partial charge in [-0.2, -0.15) is 0 Å². The predicted octanol–water partition coefficient (Wildman–Crippen LogP) is 4.75. The minimum atomic E-state index is -0.306. The number of hydrogen-bond acceptors (Lipinski definition) is 2. The van der Waals surface area contributed by atoms with Gasteiger partial charge in [-0.25, -0.2) is 9.37 Å². The average molecular weight is 299 g/mol. The van der Waals surface area contributed by atoms with Crippen LogP contribution in [0.4, 0.5) is 10.2 Å². The first kappa shape index (κ1) is 15.6. The summed E-state index contributed by atoms with van der Waals surface area (Å²) in [6, 6.07) is 2.06. The number of aromatic nitrogens is 1. The highest BCUT2D eigenvalue weighted by Gasteiger charge is 2.25. The molecule has 1 aliphatic carbocycles. The van der Waals surface area contributed by atoms with Gasteiger partial charge in [0.05, 0.1) is 12.1 Å². The summed E-state index contributed by atoms with van der Waals surface area (Å²) in [7, 11) is 0. The van der Waals surface area contributed by atoms with Gasteiger partial charge >= 0.3 is 0 Å². The fourth-order valence-corrected chi connectivity index (χ4v) is 3.10. The van der Waals surface area contributed by atoms with Crippen LogP contribution in [-0.4, -0.2) is 17.6 Å². The van der Waals surface area contributed by atoms with Crippen LogP contribution in [-0.2, 0) is 5.88 Å². The third-order valence-corrected chi connectivity index (χ3v) is 4.33. The van der Waals surface area contributed by atoms with Gasteiger partial charge in [0, 0.05) is 18.2 Å². The van der Waals surface area contributed by atoms with Crippen molar-refractivity contribution >= 4 is 17.4 Å². The van der Waals surface area contributed by atoms with Crippen molar-refractivity contribution in [2.75, 3.05) is 11.4 Å². The van der Waals surface area contributed by atoms with Gasteiger partial charge in [0.2, 0.25) is 0 Å². The lowest BCUT2D eigenvalue weighted by Gasteiger charge is -2.32. The summed E-state index contributed by atoms with van der Waals surface area (Å²) < 4.78 is 13.3. The molecule has 1 aromatic rings. The zero-order chi connectivity index (χ0) is 14.5. The molecule has 4 heteroatoms. The van der Waals surface area contributed by atoms with Crippen molar-refractivity contribution in [1.29, 1.82) is 0 Å². The maximum Gasteiger partial charge on any atom is 0.141 e. The van der Waals surface area contributed by atoms with E-state index in [0.29, 0.717) is 17.8 Å². The highest BCUT2D eigenvalue weighted by atomic mass is 35.5. The lowest BCUT2D eigenvalue weighted by atomic mass is 10.1. The van der Waals surface area contributed by atoms with E-state index in [-0.39, 0.29) is 5.82 Å². The third kappa shape index (κ3) is 3.85. The Bertz CT molecular complexity index is 430. The van der Waals surface area contributed by atoms with Gasteiger partial charge in [0.1, 0.15) is 11.6 Å². The first-order valence-electron chi connectivity index (χ1n) is 7.59. The van der Waals surface area contributed by atoms with E-state index in [2.05, 4.69) is 23.7 Å². The number of halogens is 2. The number of hydrogen-bond donors (Lipinski definition) is 0. The van der Waals surface area contributed by atoms with Crippen molar-refractivity contribution in [1.82, 2.24) is 4.98 Å². The molecule has 1 fully saturated rings. The molecule has 1 aromatic heterocycles. The van der Waals surface area contributed by atoms with Crippen LogP contribution >= 0.6 is 11.6 Å². The van der Waals surface area contributed by atoms with E-state index in [1.54, 1.807) is 0 Å². The molecule has 0 aliphatic heterocycles. The summed E-state index contributed by atoms with van der Waals surface area (Å²) in [6.45, 7) is 5.44. The second-order valence-corrected chi connectivity index (χ2v) is 6.35. The summed E-state index contributed by atoms with van der Waals surface area (Å²) in [5, 5.41) is 0. The van der Waals surface area contributed by atoms with E-state index >= 15 is 0 Å². The van der Waals surface area contributed by atoms with Crippen molar-refractivity contribution in [3.63, 3.8) is 0 Å². The second-order valence-electron chi connectivity index (χ2n) is 6.08. The third-order valence-electron chi connectivity index (χ3n) is 4.04. The summed E-state index contributed by atoms with van der Waals surface area (Å²) >= 11 is 5.98. The smallest absolute Gasteiger partial charge is 0.141 e. The van der Waals surface area contributed by atoms with Gasteiger partial charge in [-0.3, -0.25) is 0 Å². The van der Waals surface area contributed by atoms with Gasteiger partial charge in [0.15, 0.2) is 0 Å². The normalized spacial score (nSPS) is 16.1. The van der Waals surface area contributed by atoms with Gasteiger partial charge < -0.3 is 4.90 Å². The van der Waals surface area contributed by atoms with Gasteiger partial charge in [0.25, 0.3) is 0 Å². The van der Waals surface area contributed by atoms with Crippen LogP contribution in [0.2, 0.25) is 0 Å². The highest BCUT2D eigenvalue weighted by molar-refractivity contribution is 6.17. The second kappa shape index (κ2) is 7.26. The van der Waals surface area contributed by atoms with Crippen LogP contribution in [0, 0.1) is 11.7 Å². The number of rotatable bonds is 6. The van der Waals surface area contributed by atoms with E-state index in [9.17, 15) is 4.39 Å². The van der Waals surface area contributed by atoms with E-state index in [1.807, 2.05) is 0 Å². The first-order valence-corrected chi connectivity index (χ1v) is 8.12. The molecule has 1 aliphatic rings. The zero-order valence-electron chi connectivity index (χ0n) is 12.4. The Balaban J connectivity index is 2.24. The van der Waals surface area contributed by atoms with Crippen molar-refractivity contribution in [2.45, 2.75) is 57.9 Å². The zero-order valence-corrected chi connectivity index (χ0v) is 13.2. The lowest BCUT2D eigenvalue weighted by molar-refractivity contribution is 0.522. The Labute approximate surface area is 126 Å². The summed E-state index contributed by atoms with van der Waals surface area (Å²) in [5.74, 6) is 1.54. The topological polar surface area (TPSA) is 16.1 Å². The molecule has 0 atom stereocenters. The maximum atomic E-state index is 13.3. The number of alkyl halides is 1. The monoisotopic (exact) mass is 298 g/mol. The predicted molar refractivity (Wildman–Crippen MR) is 82.8 cm³/mol. The van der Waals surface area contributed by atoms with Gasteiger partial charge in [-0.05, 0) is 31.2 Å². The molecule has 0 amide bonds. The minimum absolute atomic E-state index is 0.306. The largest absolute Gasteiger partial charge is 0.353 e. The standard InChI is InChI=1S/C16H24ClFN2/c1-12(2)7-8-20(15-5-3-4-6-15)16-13(10-17)9-14(18)11-19-16/h9,11-12,15H,3-8,10H2,1-2H3. The average Bonchev–Trinajstić information content (AvgIpc) is 2.94. The molecule has 0 N–H and O–H groups in total. The molecule has 0 unspecified atom stereocenters. The molecule has 112 valence electrons. The molecule has 2 rings (SSSR count). The van der Waals surface area contributed by atoms with Crippen LogP contribution in [0.5, 0.6) is 0 Å². The lowest BCUT2D eigenvalue weighted by Crippen LogP contribution is -2.36. The van der Waals surface area contributed by atoms with E-state index < -0.39 is 0 Å². The molecule has 0 spiro atoms. The van der Waals surface area contributed by atoms with Crippen LogP contribution in [0.1, 0.15) is 51.5 Å². The molecule has 0 bridgehead atoms. The highest BCUT2D eigenvalue weighted by Crippen LogP contribution is 2.30. The van der Waals surface area contributed by atoms with Crippen molar-refractivity contribution < 1.29 is 4.39 Å². The van der Waals surface area contributed by atoms with Crippen LogP contribution in [0.3, 0.4) is 0 Å². The fraction of sp³-hybridized carbons (Fsp3) is 0.688. The summed E-state index contributed by atoms with van der Waals surface area (Å²) in [5.41, 5.74) is 0.808. The molecule has 2 nitrogen and oxygen atoms in total.